The number of hydrogen-bond donors (Lipinski definition) is 1. The Balaban J connectivity index is 1.59. The van der Waals surface area contributed by atoms with Crippen LogP contribution in [0.3, 0.4) is 0 Å². The van der Waals surface area contributed by atoms with Crippen LogP contribution in [0.2, 0.25) is 5.02 Å². The van der Waals surface area contributed by atoms with E-state index >= 15 is 0 Å². The van der Waals surface area contributed by atoms with Gasteiger partial charge in [-0.05, 0) is 61.4 Å². The molecule has 1 N–H and O–H groups in total. The summed E-state index contributed by atoms with van der Waals surface area (Å²) in [5, 5.41) is 8.19. The Labute approximate surface area is 180 Å². The van der Waals surface area contributed by atoms with E-state index in [-0.39, 0.29) is 12.6 Å². The molecular weight excluding hydrogens is 402 g/mol. The Morgan fingerprint density at radius 3 is 2.63 bits per heavy atom. The highest BCUT2D eigenvalue weighted by Crippen LogP contribution is 2.23. The molecule has 1 aliphatic rings. The van der Waals surface area contributed by atoms with Gasteiger partial charge in [0.05, 0.1) is 13.7 Å². The lowest BCUT2D eigenvalue weighted by molar-refractivity contribution is 0.256. The van der Waals surface area contributed by atoms with E-state index in [1.807, 2.05) is 28.9 Å². The molecule has 2 aromatic carbocycles. The van der Waals surface area contributed by atoms with Gasteiger partial charge in [-0.25, -0.2) is 14.5 Å². The van der Waals surface area contributed by atoms with Gasteiger partial charge in [0.1, 0.15) is 11.6 Å². The molecule has 30 heavy (non-hydrogen) atoms. The highest BCUT2D eigenvalue weighted by Gasteiger charge is 2.21. The third kappa shape index (κ3) is 4.74. The summed E-state index contributed by atoms with van der Waals surface area (Å²) in [6.07, 6.45) is 4.35. The number of halogens is 1. The number of nitrogens with one attached hydrogen (secondary N) is 1. The van der Waals surface area contributed by atoms with Gasteiger partial charge in [-0.15, -0.1) is 0 Å². The Hall–Kier alpha value is -3.06. The molecule has 4 rings (SSSR count). The maximum Gasteiger partial charge on any atom is 0.326 e. The number of amides is 2. The smallest absolute Gasteiger partial charge is 0.326 e. The molecule has 2 heterocycles. The largest absolute Gasteiger partial charge is 0.497 e. The van der Waals surface area contributed by atoms with Gasteiger partial charge in [-0.3, -0.25) is 4.90 Å². The number of carbonyl (C=O) groups excluding carboxylic acids is 1. The van der Waals surface area contributed by atoms with Gasteiger partial charge < -0.3 is 10.1 Å². The predicted molar refractivity (Wildman–Crippen MR) is 117 cm³/mol. The standard InChI is InChI=1S/C22H24ClN5O2/c1-30-19-12-10-18(11-13-19)27(22(29)24-17-8-6-16(23)7-9-17)15-20-25-21-5-3-2-4-14-28(21)26-20/h6-13H,2-5,14-15H2,1H3,(H,24,29). The predicted octanol–water partition coefficient (Wildman–Crippen LogP) is 4.91. The summed E-state index contributed by atoms with van der Waals surface area (Å²) in [6.45, 7) is 1.15. The van der Waals surface area contributed by atoms with E-state index in [1.54, 1.807) is 36.3 Å². The molecule has 0 bridgehead atoms. The number of aryl methyl sites for hydroxylation is 2. The van der Waals surface area contributed by atoms with Gasteiger partial charge in [0.25, 0.3) is 0 Å². The maximum absolute atomic E-state index is 13.1. The summed E-state index contributed by atoms with van der Waals surface area (Å²) in [6, 6.07) is 14.1. The molecule has 3 aromatic rings. The van der Waals surface area contributed by atoms with Crippen LogP contribution in [0.15, 0.2) is 48.5 Å². The molecule has 7 nitrogen and oxygen atoms in total. The van der Waals surface area contributed by atoms with Gasteiger partial charge >= 0.3 is 6.03 Å². The Morgan fingerprint density at radius 2 is 1.90 bits per heavy atom. The fourth-order valence-corrected chi connectivity index (χ4v) is 3.61. The fourth-order valence-electron chi connectivity index (χ4n) is 3.49. The number of urea groups is 1. The highest BCUT2D eigenvalue weighted by atomic mass is 35.5. The zero-order chi connectivity index (χ0) is 20.9. The van der Waals surface area contributed by atoms with Crippen molar-refractivity contribution in [1.82, 2.24) is 14.8 Å². The first-order chi connectivity index (χ1) is 14.6. The van der Waals surface area contributed by atoms with Crippen molar-refractivity contribution in [3.8, 4) is 5.75 Å². The molecule has 0 saturated carbocycles. The molecule has 0 spiro atoms. The Bertz CT molecular complexity index is 978. The van der Waals surface area contributed by atoms with Crippen LogP contribution in [-0.4, -0.2) is 27.9 Å². The molecule has 0 atom stereocenters. The van der Waals surface area contributed by atoms with E-state index in [0.717, 1.165) is 43.1 Å². The third-order valence-corrected chi connectivity index (χ3v) is 5.34. The van der Waals surface area contributed by atoms with Crippen LogP contribution in [0.5, 0.6) is 5.75 Å². The SMILES string of the molecule is COc1ccc(N(Cc2nc3n(n2)CCCCC3)C(=O)Nc2ccc(Cl)cc2)cc1. The highest BCUT2D eigenvalue weighted by molar-refractivity contribution is 6.30. The van der Waals surface area contributed by atoms with Crippen molar-refractivity contribution in [2.75, 3.05) is 17.3 Å². The van der Waals surface area contributed by atoms with Crippen molar-refractivity contribution in [3.05, 3.63) is 65.2 Å². The summed E-state index contributed by atoms with van der Waals surface area (Å²) in [5.41, 5.74) is 1.39. The zero-order valence-electron chi connectivity index (χ0n) is 16.8. The van der Waals surface area contributed by atoms with E-state index in [2.05, 4.69) is 10.4 Å². The number of carbonyl (C=O) groups is 1. The van der Waals surface area contributed by atoms with Crippen molar-refractivity contribution in [2.45, 2.75) is 38.8 Å². The minimum Gasteiger partial charge on any atom is -0.497 e. The second-order valence-corrected chi connectivity index (χ2v) is 7.64. The van der Waals surface area contributed by atoms with E-state index in [0.29, 0.717) is 16.5 Å². The topological polar surface area (TPSA) is 72.3 Å². The number of ether oxygens (including phenoxy) is 1. The van der Waals surface area contributed by atoms with Crippen LogP contribution < -0.4 is 15.0 Å². The molecule has 0 fully saturated rings. The number of nitrogens with zero attached hydrogens (tertiary/aromatic N) is 4. The summed E-state index contributed by atoms with van der Waals surface area (Å²) in [4.78, 5) is 19.5. The van der Waals surface area contributed by atoms with Crippen LogP contribution in [0.25, 0.3) is 0 Å². The van der Waals surface area contributed by atoms with Gasteiger partial charge in [-0.1, -0.05) is 18.0 Å². The van der Waals surface area contributed by atoms with Gasteiger partial charge in [0.2, 0.25) is 0 Å². The van der Waals surface area contributed by atoms with Gasteiger partial charge in [0, 0.05) is 29.4 Å². The molecule has 1 aromatic heterocycles. The van der Waals surface area contributed by atoms with Gasteiger partial charge in [-0.2, -0.15) is 5.10 Å². The molecule has 2 amide bonds. The number of hydrogen-bond acceptors (Lipinski definition) is 4. The van der Waals surface area contributed by atoms with Crippen LogP contribution >= 0.6 is 11.6 Å². The van der Waals surface area contributed by atoms with Crippen LogP contribution in [-0.2, 0) is 19.5 Å². The number of anilines is 2. The lowest BCUT2D eigenvalue weighted by atomic mass is 10.2. The molecule has 8 heteroatoms. The average Bonchev–Trinajstić information content (AvgIpc) is 3.02. The number of methoxy groups -OCH3 is 1. The van der Waals surface area contributed by atoms with Gasteiger partial charge in [0.15, 0.2) is 5.82 Å². The Kier molecular flexibility index (Phi) is 6.18. The number of benzene rings is 2. The van der Waals surface area contributed by atoms with Crippen LogP contribution in [0.4, 0.5) is 16.2 Å². The summed E-state index contributed by atoms with van der Waals surface area (Å²) < 4.78 is 7.22. The number of rotatable bonds is 5. The van der Waals surface area contributed by atoms with E-state index in [1.165, 1.54) is 6.42 Å². The molecule has 0 radical (unpaired) electrons. The lowest BCUT2D eigenvalue weighted by Gasteiger charge is -2.22. The normalized spacial score (nSPS) is 13.3. The first kappa shape index (κ1) is 20.2. The summed E-state index contributed by atoms with van der Waals surface area (Å²) in [5.74, 6) is 2.35. The second kappa shape index (κ2) is 9.17. The van der Waals surface area contributed by atoms with Crippen molar-refractivity contribution in [3.63, 3.8) is 0 Å². The van der Waals surface area contributed by atoms with Crippen molar-refractivity contribution >= 4 is 29.0 Å². The lowest BCUT2D eigenvalue weighted by Crippen LogP contribution is -2.35. The Morgan fingerprint density at radius 1 is 1.13 bits per heavy atom. The van der Waals surface area contributed by atoms with Crippen molar-refractivity contribution in [1.29, 1.82) is 0 Å². The minimum absolute atomic E-state index is 0.270. The maximum atomic E-state index is 13.1. The van der Waals surface area contributed by atoms with E-state index in [4.69, 9.17) is 21.3 Å². The third-order valence-electron chi connectivity index (χ3n) is 5.09. The second-order valence-electron chi connectivity index (χ2n) is 7.20. The van der Waals surface area contributed by atoms with Crippen LogP contribution in [0, 0.1) is 0 Å². The average molecular weight is 426 g/mol. The minimum atomic E-state index is -0.271. The molecule has 0 aliphatic carbocycles. The van der Waals surface area contributed by atoms with Crippen molar-refractivity contribution < 1.29 is 9.53 Å². The van der Waals surface area contributed by atoms with E-state index < -0.39 is 0 Å². The number of aromatic nitrogens is 3. The molecule has 1 aliphatic heterocycles. The molecule has 0 unspecified atom stereocenters. The van der Waals surface area contributed by atoms with Crippen molar-refractivity contribution in [2.24, 2.45) is 0 Å². The first-order valence-electron chi connectivity index (χ1n) is 10.0. The van der Waals surface area contributed by atoms with Crippen LogP contribution in [0.1, 0.15) is 30.9 Å². The number of fused-ring (bicyclic) bond motifs is 1. The summed E-state index contributed by atoms with van der Waals surface area (Å²) >= 11 is 5.95. The van der Waals surface area contributed by atoms with E-state index in [9.17, 15) is 4.79 Å². The first-order valence-corrected chi connectivity index (χ1v) is 10.4. The zero-order valence-corrected chi connectivity index (χ0v) is 17.6. The monoisotopic (exact) mass is 425 g/mol. The quantitative estimate of drug-likeness (QED) is 0.630. The molecule has 0 saturated heterocycles. The molecular formula is C22H24ClN5O2. The fraction of sp³-hybridized carbons (Fsp3) is 0.318. The molecule has 156 valence electrons. The summed E-state index contributed by atoms with van der Waals surface area (Å²) in [7, 11) is 1.61.